The number of hydrogen-bond acceptors (Lipinski definition) is 11. The van der Waals surface area contributed by atoms with Gasteiger partial charge in [0.2, 0.25) is 0 Å². The van der Waals surface area contributed by atoms with Crippen LogP contribution < -0.4 is 0 Å². The third-order valence-corrected chi connectivity index (χ3v) is 24.5. The minimum atomic E-state index is 0.597. The van der Waals surface area contributed by atoms with Crippen LogP contribution in [-0.2, 0) is 0 Å². The van der Waals surface area contributed by atoms with Crippen molar-refractivity contribution in [2.45, 2.75) is 0 Å². The Bertz CT molecular complexity index is 7650. The lowest BCUT2D eigenvalue weighted by Crippen LogP contribution is -2.00. The van der Waals surface area contributed by atoms with Crippen molar-refractivity contribution in [1.82, 2.24) is 44.4 Å². The van der Waals surface area contributed by atoms with Crippen molar-refractivity contribution in [3.63, 3.8) is 0 Å². The van der Waals surface area contributed by atoms with Gasteiger partial charge in [0.1, 0.15) is 0 Å². The Morgan fingerprint density at radius 3 is 1.04 bits per heavy atom. The first-order valence-corrected chi connectivity index (χ1v) is 39.1. The van der Waals surface area contributed by atoms with E-state index >= 15 is 0 Å². The van der Waals surface area contributed by atoms with Crippen LogP contribution in [-0.4, -0.2) is 44.4 Å². The maximum atomic E-state index is 5.41. The molecule has 0 aliphatic rings. The van der Waals surface area contributed by atoms with Gasteiger partial charge in [-0.1, -0.05) is 261 Å². The summed E-state index contributed by atoms with van der Waals surface area (Å²) in [7, 11) is 0. The van der Waals surface area contributed by atoms with Crippen LogP contribution in [0.15, 0.2) is 346 Å². The Morgan fingerprint density at radius 1 is 0.191 bits per heavy atom. The summed E-state index contributed by atoms with van der Waals surface area (Å²) in [6.07, 6.45) is 0. The van der Waals surface area contributed by atoms with E-state index in [2.05, 4.69) is 314 Å². The van der Waals surface area contributed by atoms with Crippen LogP contribution in [0.3, 0.4) is 0 Å². The lowest BCUT2D eigenvalue weighted by molar-refractivity contribution is 1.07. The smallest absolute Gasteiger partial charge is 0.164 e. The highest BCUT2D eigenvalue weighted by Gasteiger charge is 2.24. The second-order valence-corrected chi connectivity index (χ2v) is 30.8. The van der Waals surface area contributed by atoms with Gasteiger partial charge in [0, 0.05) is 154 Å². The van der Waals surface area contributed by atoms with E-state index in [0.717, 1.165) is 111 Å². The van der Waals surface area contributed by atoms with Gasteiger partial charge in [-0.3, -0.25) is 0 Å². The summed E-state index contributed by atoms with van der Waals surface area (Å²) in [5.41, 5.74) is 14.9. The largest absolute Gasteiger partial charge is 0.309 e. The minimum Gasteiger partial charge on any atom is -0.309 e. The van der Waals surface area contributed by atoms with Gasteiger partial charge in [0.15, 0.2) is 34.9 Å². The minimum absolute atomic E-state index is 0.597. The summed E-state index contributed by atoms with van der Waals surface area (Å²) in [5, 5.41) is 16.7. The molecule has 512 valence electrons. The Balaban J connectivity index is 0.000000136. The van der Waals surface area contributed by atoms with Crippen molar-refractivity contribution in [2.24, 2.45) is 0 Å². The number of thiophene rings is 3. The van der Waals surface area contributed by atoms with Crippen molar-refractivity contribution < 1.29 is 0 Å². The van der Waals surface area contributed by atoms with Gasteiger partial charge in [-0.25, -0.2) is 39.9 Å². The fraction of sp³-hybridized carbons (Fsp3) is 0. The molecule has 0 amide bonds. The number of hydrogen-bond donors (Lipinski definition) is 0. The summed E-state index contributed by atoms with van der Waals surface area (Å²) < 4.78 is 9.89. The summed E-state index contributed by atoms with van der Waals surface area (Å²) in [6.45, 7) is 0. The van der Waals surface area contributed by atoms with Crippen LogP contribution in [0.1, 0.15) is 0 Å². The van der Waals surface area contributed by atoms with Crippen molar-refractivity contribution >= 4 is 160 Å². The maximum Gasteiger partial charge on any atom is 0.164 e. The molecule has 0 saturated carbocycles. The van der Waals surface area contributed by atoms with E-state index in [0.29, 0.717) is 34.9 Å². The van der Waals surface area contributed by atoms with Gasteiger partial charge < -0.3 is 4.57 Å². The normalized spacial score (nSPS) is 11.8. The van der Waals surface area contributed by atoms with E-state index in [1.54, 1.807) is 11.3 Å². The number of rotatable bonds is 9. The number of para-hydroxylation sites is 2. The molecule has 0 atom stereocenters. The third kappa shape index (κ3) is 10.6. The SMILES string of the molecule is c1ccc(-c2nc(-c3ccc4c(c3)nc(-c3ccccc3)c3ccc5sc6ccccc6c5c34)nc(-c3ccc4c(c3)c3ccccc3n4-c3ccccc3)n2)cc1.c1ccc(-c2nc(-c3ccc4c(c3)nc(-c3ccccc3)c3ccc5sc6ccccc6c5c34)nc(-c3cccc4sc5ccccc5c34)n2)cc1. The molecule has 0 aliphatic heterocycles. The van der Waals surface area contributed by atoms with Crippen molar-refractivity contribution in [3.05, 3.63) is 346 Å². The monoisotopic (exact) mass is 1460 g/mol. The molecule has 0 bridgehead atoms. The van der Waals surface area contributed by atoms with E-state index in [1.807, 2.05) is 59.1 Å². The zero-order valence-corrected chi connectivity index (χ0v) is 61.1. The van der Waals surface area contributed by atoms with Gasteiger partial charge in [0.05, 0.1) is 33.5 Å². The molecule has 0 unspecified atom stereocenters. The quantitative estimate of drug-likeness (QED) is 0.132. The predicted molar refractivity (Wildman–Crippen MR) is 462 cm³/mol. The molecular weight excluding hydrogens is 1400 g/mol. The molecule has 9 nitrogen and oxygen atoms in total. The first-order chi connectivity index (χ1) is 54.5. The molecular formula is C98H57N9S3. The zero-order valence-electron chi connectivity index (χ0n) is 58.7. The van der Waals surface area contributed by atoms with Crippen molar-refractivity contribution in [3.8, 4) is 96.5 Å². The van der Waals surface area contributed by atoms with Crippen LogP contribution in [0.2, 0.25) is 0 Å². The van der Waals surface area contributed by atoms with E-state index in [1.165, 1.54) is 76.7 Å². The van der Waals surface area contributed by atoms with E-state index in [9.17, 15) is 0 Å². The van der Waals surface area contributed by atoms with Gasteiger partial charge in [-0.15, -0.1) is 34.0 Å². The lowest BCUT2D eigenvalue weighted by atomic mass is 9.95. The molecule has 8 aromatic heterocycles. The van der Waals surface area contributed by atoms with Crippen molar-refractivity contribution in [1.29, 1.82) is 0 Å². The Morgan fingerprint density at radius 2 is 0.545 bits per heavy atom. The Hall–Kier alpha value is -13.9. The molecule has 110 heavy (non-hydrogen) atoms. The molecule has 23 aromatic rings. The molecule has 0 aliphatic carbocycles. The van der Waals surface area contributed by atoms with Gasteiger partial charge >= 0.3 is 0 Å². The van der Waals surface area contributed by atoms with Gasteiger partial charge in [-0.05, 0) is 84.9 Å². The highest BCUT2D eigenvalue weighted by Crippen LogP contribution is 2.48. The second-order valence-electron chi connectivity index (χ2n) is 27.6. The van der Waals surface area contributed by atoms with Gasteiger partial charge in [-0.2, -0.15) is 0 Å². The average molecular weight is 1460 g/mol. The summed E-state index contributed by atoms with van der Waals surface area (Å²) in [5.74, 6) is 3.74. The summed E-state index contributed by atoms with van der Waals surface area (Å²) >= 11 is 5.48. The zero-order chi connectivity index (χ0) is 72.3. The van der Waals surface area contributed by atoms with Crippen LogP contribution in [0.4, 0.5) is 0 Å². The first-order valence-electron chi connectivity index (χ1n) is 36.6. The summed E-state index contributed by atoms with van der Waals surface area (Å²) in [4.78, 5) is 41.8. The molecule has 12 heteroatoms. The van der Waals surface area contributed by atoms with Crippen LogP contribution >= 0.6 is 34.0 Å². The lowest BCUT2D eigenvalue weighted by Gasteiger charge is -2.13. The second kappa shape index (κ2) is 26.0. The highest BCUT2D eigenvalue weighted by molar-refractivity contribution is 7.26. The van der Waals surface area contributed by atoms with E-state index in [4.69, 9.17) is 39.9 Å². The number of fused-ring (bicyclic) bond motifs is 20. The number of aromatic nitrogens is 9. The molecule has 0 radical (unpaired) electrons. The predicted octanol–water partition coefficient (Wildman–Crippen LogP) is 26.7. The highest BCUT2D eigenvalue weighted by atomic mass is 32.1. The molecule has 0 N–H and O–H groups in total. The van der Waals surface area contributed by atoms with Gasteiger partial charge in [0.25, 0.3) is 0 Å². The Labute approximate surface area is 641 Å². The molecule has 8 heterocycles. The van der Waals surface area contributed by atoms with Crippen molar-refractivity contribution in [2.75, 3.05) is 0 Å². The standard InChI is InChI=1S/C52H31N5S.C46H26N4S2/c1-4-14-32(15-5-1)49-40-27-29-46-48(39-21-11-13-23-45(39)58-46)47(40)38-26-24-35(31-42(38)53-49)52-55-50(33-16-6-2-7-17-33)54-51(56-52)34-25-28-44-41(30-34)37-20-10-12-22-43(37)57(44)36-18-8-3-9-19-36;1-3-12-27(13-4-1)43-33-24-25-39-42(32-17-8-10-20-37(32)52-39)41(33)30-23-22-29(26-35(30)47-43)45-48-44(28-14-5-2-6-15-28)49-46(50-45)34-18-11-21-38-40(34)31-16-7-9-19-36(31)51-38/h1-31H;1-26H. The van der Waals surface area contributed by atoms with E-state index in [-0.39, 0.29) is 0 Å². The fourth-order valence-electron chi connectivity index (χ4n) is 16.2. The molecule has 0 fully saturated rings. The number of pyridine rings is 2. The summed E-state index contributed by atoms with van der Waals surface area (Å²) in [6, 6.07) is 121. The topological polar surface area (TPSA) is 108 Å². The van der Waals surface area contributed by atoms with Crippen LogP contribution in [0.25, 0.3) is 222 Å². The van der Waals surface area contributed by atoms with E-state index < -0.39 is 0 Å². The maximum absolute atomic E-state index is 5.41. The molecule has 0 spiro atoms. The Kier molecular flexibility index (Phi) is 15.0. The molecule has 15 aromatic carbocycles. The molecule has 0 saturated heterocycles. The van der Waals surface area contributed by atoms with Crippen LogP contribution in [0.5, 0.6) is 0 Å². The average Bonchev–Trinajstić information content (AvgIpc) is 1.35. The number of benzene rings is 15. The molecule has 23 rings (SSSR count). The van der Waals surface area contributed by atoms with Crippen LogP contribution in [0, 0.1) is 0 Å². The first kappa shape index (κ1) is 63.4. The third-order valence-electron chi connectivity index (χ3n) is 21.1. The fourth-order valence-corrected chi connectivity index (χ4v) is 19.5. The number of nitrogens with zero attached hydrogens (tertiary/aromatic N) is 9.